The third kappa shape index (κ3) is 2.91. The maximum Gasteiger partial charge on any atom is 0.261 e. The van der Waals surface area contributed by atoms with E-state index >= 15 is 0 Å². The van der Waals surface area contributed by atoms with Crippen molar-refractivity contribution in [3.63, 3.8) is 0 Å². The van der Waals surface area contributed by atoms with Crippen molar-refractivity contribution in [2.45, 2.75) is 13.3 Å². The molecule has 106 valence electrons. The van der Waals surface area contributed by atoms with E-state index in [1.807, 2.05) is 6.92 Å². The second-order valence-electron chi connectivity index (χ2n) is 4.84. The Hall–Kier alpha value is -2.69. The van der Waals surface area contributed by atoms with Gasteiger partial charge in [0.05, 0.1) is 5.56 Å². The SMILES string of the molecule is Cc1ccc(O)c(-c2nc(Cc3cccc(F)c3)no2)c1. The second-order valence-corrected chi connectivity index (χ2v) is 4.84. The van der Waals surface area contributed by atoms with Crippen molar-refractivity contribution in [2.24, 2.45) is 0 Å². The summed E-state index contributed by atoms with van der Waals surface area (Å²) < 4.78 is 18.3. The van der Waals surface area contributed by atoms with E-state index in [4.69, 9.17) is 4.52 Å². The third-order valence-corrected chi connectivity index (χ3v) is 3.10. The van der Waals surface area contributed by atoms with Crippen molar-refractivity contribution in [2.75, 3.05) is 0 Å². The zero-order chi connectivity index (χ0) is 14.8. The monoisotopic (exact) mass is 284 g/mol. The van der Waals surface area contributed by atoms with Crippen LogP contribution in [0.1, 0.15) is 17.0 Å². The zero-order valence-corrected chi connectivity index (χ0v) is 11.4. The van der Waals surface area contributed by atoms with Crippen LogP contribution in [0.15, 0.2) is 47.0 Å². The predicted octanol–water partition coefficient (Wildman–Crippen LogP) is 3.48. The van der Waals surface area contributed by atoms with E-state index in [9.17, 15) is 9.50 Å². The van der Waals surface area contributed by atoms with Gasteiger partial charge in [-0.1, -0.05) is 28.9 Å². The number of benzene rings is 2. The molecular formula is C16H13FN2O2. The molecule has 2 aromatic carbocycles. The van der Waals surface area contributed by atoms with Gasteiger partial charge in [0.15, 0.2) is 5.82 Å². The molecule has 0 spiro atoms. The largest absolute Gasteiger partial charge is 0.507 e. The number of phenolic OH excluding ortho intramolecular Hbond substituents is 1. The Morgan fingerprint density at radius 3 is 2.86 bits per heavy atom. The maximum atomic E-state index is 13.1. The van der Waals surface area contributed by atoms with Crippen molar-refractivity contribution in [1.29, 1.82) is 0 Å². The number of aromatic nitrogens is 2. The average Bonchev–Trinajstić information content (AvgIpc) is 2.90. The molecule has 0 radical (unpaired) electrons. The molecule has 0 aliphatic heterocycles. The van der Waals surface area contributed by atoms with Gasteiger partial charge in [0.25, 0.3) is 5.89 Å². The Labute approximate surface area is 120 Å². The van der Waals surface area contributed by atoms with E-state index in [1.165, 1.54) is 12.1 Å². The zero-order valence-electron chi connectivity index (χ0n) is 11.4. The molecule has 0 saturated carbocycles. The third-order valence-electron chi connectivity index (χ3n) is 3.10. The van der Waals surface area contributed by atoms with Gasteiger partial charge in [0, 0.05) is 6.42 Å². The summed E-state index contributed by atoms with van der Waals surface area (Å²) >= 11 is 0. The van der Waals surface area contributed by atoms with Crippen LogP contribution in [0.2, 0.25) is 0 Å². The fourth-order valence-electron chi connectivity index (χ4n) is 2.09. The van der Waals surface area contributed by atoms with Crippen LogP contribution >= 0.6 is 0 Å². The van der Waals surface area contributed by atoms with Crippen LogP contribution in [0.25, 0.3) is 11.5 Å². The summed E-state index contributed by atoms with van der Waals surface area (Å²) in [6, 6.07) is 11.4. The summed E-state index contributed by atoms with van der Waals surface area (Å²) in [5.74, 6) is 0.480. The minimum absolute atomic E-state index is 0.0848. The van der Waals surface area contributed by atoms with Crippen molar-refractivity contribution in [3.8, 4) is 17.2 Å². The molecule has 5 heteroatoms. The Bertz CT molecular complexity index is 783. The Balaban J connectivity index is 1.88. The van der Waals surface area contributed by atoms with Gasteiger partial charge >= 0.3 is 0 Å². The van der Waals surface area contributed by atoms with E-state index in [2.05, 4.69) is 10.1 Å². The Morgan fingerprint density at radius 2 is 2.05 bits per heavy atom. The average molecular weight is 284 g/mol. The summed E-state index contributed by atoms with van der Waals surface area (Å²) in [5, 5.41) is 13.7. The van der Waals surface area contributed by atoms with Gasteiger partial charge < -0.3 is 9.63 Å². The number of rotatable bonds is 3. The van der Waals surface area contributed by atoms with Gasteiger partial charge in [0.1, 0.15) is 11.6 Å². The van der Waals surface area contributed by atoms with Crippen molar-refractivity contribution in [1.82, 2.24) is 10.1 Å². The van der Waals surface area contributed by atoms with Crippen molar-refractivity contribution in [3.05, 3.63) is 65.2 Å². The molecule has 0 amide bonds. The number of aryl methyl sites for hydroxylation is 1. The van der Waals surface area contributed by atoms with E-state index in [-0.39, 0.29) is 17.5 Å². The minimum Gasteiger partial charge on any atom is -0.507 e. The molecular weight excluding hydrogens is 271 g/mol. The maximum absolute atomic E-state index is 13.1. The topological polar surface area (TPSA) is 59.2 Å². The molecule has 3 aromatic rings. The lowest BCUT2D eigenvalue weighted by Gasteiger charge is -2.00. The number of hydrogen-bond acceptors (Lipinski definition) is 4. The molecule has 1 N–H and O–H groups in total. The van der Waals surface area contributed by atoms with Crippen LogP contribution in [0.4, 0.5) is 4.39 Å². The van der Waals surface area contributed by atoms with Crippen LogP contribution in [-0.4, -0.2) is 15.2 Å². The smallest absolute Gasteiger partial charge is 0.261 e. The van der Waals surface area contributed by atoms with Crippen LogP contribution in [0.3, 0.4) is 0 Å². The molecule has 0 bridgehead atoms. The van der Waals surface area contributed by atoms with Gasteiger partial charge in [0.2, 0.25) is 0 Å². The molecule has 0 saturated heterocycles. The molecule has 0 fully saturated rings. The highest BCUT2D eigenvalue weighted by Crippen LogP contribution is 2.28. The lowest BCUT2D eigenvalue weighted by Crippen LogP contribution is -1.91. The first kappa shape index (κ1) is 13.3. The van der Waals surface area contributed by atoms with Crippen molar-refractivity contribution < 1.29 is 14.0 Å². The second kappa shape index (κ2) is 5.36. The summed E-state index contributed by atoms with van der Waals surface area (Å²) in [5.41, 5.74) is 2.23. The summed E-state index contributed by atoms with van der Waals surface area (Å²) in [7, 11) is 0. The summed E-state index contributed by atoms with van der Waals surface area (Å²) in [4.78, 5) is 4.25. The van der Waals surface area contributed by atoms with E-state index in [1.54, 1.807) is 30.3 Å². The molecule has 3 rings (SSSR count). The van der Waals surface area contributed by atoms with Crippen LogP contribution in [-0.2, 0) is 6.42 Å². The van der Waals surface area contributed by atoms with Crippen LogP contribution in [0, 0.1) is 12.7 Å². The standard InChI is InChI=1S/C16H13FN2O2/c1-10-5-6-14(20)13(7-10)16-18-15(19-21-16)9-11-3-2-4-12(17)8-11/h2-8,20H,9H2,1H3. The number of hydrogen-bond donors (Lipinski definition) is 1. The fraction of sp³-hybridized carbons (Fsp3) is 0.125. The van der Waals surface area contributed by atoms with Gasteiger partial charge in [-0.05, 0) is 36.8 Å². The number of nitrogens with zero attached hydrogens (tertiary/aromatic N) is 2. The van der Waals surface area contributed by atoms with Gasteiger partial charge in [-0.3, -0.25) is 0 Å². The number of phenols is 1. The molecule has 4 nitrogen and oxygen atoms in total. The van der Waals surface area contributed by atoms with Gasteiger partial charge in [-0.2, -0.15) is 4.98 Å². The Morgan fingerprint density at radius 1 is 1.19 bits per heavy atom. The predicted molar refractivity (Wildman–Crippen MR) is 75.3 cm³/mol. The molecule has 21 heavy (non-hydrogen) atoms. The number of aromatic hydroxyl groups is 1. The summed E-state index contributed by atoms with van der Waals surface area (Å²) in [6.45, 7) is 1.91. The van der Waals surface area contributed by atoms with E-state index in [0.29, 0.717) is 17.8 Å². The minimum atomic E-state index is -0.299. The van der Waals surface area contributed by atoms with Crippen LogP contribution < -0.4 is 0 Å². The lowest BCUT2D eigenvalue weighted by molar-refractivity contribution is 0.418. The molecule has 1 aromatic heterocycles. The highest BCUT2D eigenvalue weighted by Gasteiger charge is 2.13. The molecule has 0 unspecified atom stereocenters. The highest BCUT2D eigenvalue weighted by atomic mass is 19.1. The first-order chi connectivity index (χ1) is 10.1. The lowest BCUT2D eigenvalue weighted by atomic mass is 10.1. The molecule has 0 aliphatic carbocycles. The normalized spacial score (nSPS) is 10.8. The quantitative estimate of drug-likeness (QED) is 0.800. The highest BCUT2D eigenvalue weighted by molar-refractivity contribution is 5.63. The van der Waals surface area contributed by atoms with Crippen molar-refractivity contribution >= 4 is 0 Å². The van der Waals surface area contributed by atoms with Crippen LogP contribution in [0.5, 0.6) is 5.75 Å². The molecule has 1 heterocycles. The first-order valence-electron chi connectivity index (χ1n) is 6.49. The first-order valence-corrected chi connectivity index (χ1v) is 6.49. The van der Waals surface area contributed by atoms with E-state index in [0.717, 1.165) is 11.1 Å². The Kier molecular flexibility index (Phi) is 3.39. The molecule has 0 aliphatic rings. The summed E-state index contributed by atoms with van der Waals surface area (Å²) in [6.07, 6.45) is 0.369. The fourth-order valence-corrected chi connectivity index (χ4v) is 2.09. The number of halogens is 1. The van der Waals surface area contributed by atoms with Gasteiger partial charge in [-0.25, -0.2) is 4.39 Å². The van der Waals surface area contributed by atoms with Gasteiger partial charge in [-0.15, -0.1) is 0 Å². The van der Waals surface area contributed by atoms with E-state index < -0.39 is 0 Å². The molecule has 0 atom stereocenters.